The first-order chi connectivity index (χ1) is 9.76. The number of benzene rings is 1. The van der Waals surface area contributed by atoms with Crippen LogP contribution in [0.1, 0.15) is 30.1 Å². The van der Waals surface area contributed by atoms with Crippen LogP contribution >= 0.6 is 0 Å². The Bertz CT molecular complexity index is 493. The molecule has 2 atom stereocenters. The second kappa shape index (κ2) is 5.92. The van der Waals surface area contributed by atoms with Gasteiger partial charge in [0.1, 0.15) is 0 Å². The predicted octanol–water partition coefficient (Wildman–Crippen LogP) is 1.37. The Kier molecular flexibility index (Phi) is 4.02. The summed E-state index contributed by atoms with van der Waals surface area (Å²) >= 11 is 0. The largest absolute Gasteiger partial charge is 0.387 e. The van der Waals surface area contributed by atoms with Crippen LogP contribution in [-0.2, 0) is 0 Å². The minimum atomic E-state index is -0.462. The number of hydrogen-bond acceptors (Lipinski definition) is 4. The van der Waals surface area contributed by atoms with Crippen LogP contribution in [0, 0.1) is 11.3 Å². The molecule has 4 heteroatoms. The molecule has 1 aromatic carbocycles. The van der Waals surface area contributed by atoms with Gasteiger partial charge in [-0.15, -0.1) is 0 Å². The highest BCUT2D eigenvalue weighted by Gasteiger charge is 2.31. The van der Waals surface area contributed by atoms with Gasteiger partial charge in [-0.3, -0.25) is 9.80 Å². The van der Waals surface area contributed by atoms with E-state index in [4.69, 9.17) is 5.26 Å². The molecular formula is C16H21N3O. The lowest BCUT2D eigenvalue weighted by Crippen LogP contribution is -2.50. The SMILES string of the molecule is N#Cc1ccc(C(O)CN2CCN3CCCC3C2)cc1. The molecule has 106 valence electrons. The first-order valence-electron chi connectivity index (χ1n) is 7.41. The lowest BCUT2D eigenvalue weighted by molar-refractivity contribution is 0.0566. The third-order valence-electron chi connectivity index (χ3n) is 4.53. The van der Waals surface area contributed by atoms with Gasteiger partial charge in [0.2, 0.25) is 0 Å². The van der Waals surface area contributed by atoms with E-state index < -0.39 is 6.10 Å². The molecule has 2 unspecified atom stereocenters. The summed E-state index contributed by atoms with van der Waals surface area (Å²) in [5.41, 5.74) is 1.54. The Morgan fingerprint density at radius 2 is 2.05 bits per heavy atom. The van der Waals surface area contributed by atoms with Crippen LogP contribution in [0.15, 0.2) is 24.3 Å². The topological polar surface area (TPSA) is 50.5 Å². The van der Waals surface area contributed by atoms with E-state index in [1.165, 1.54) is 19.4 Å². The molecule has 20 heavy (non-hydrogen) atoms. The van der Waals surface area contributed by atoms with E-state index in [0.29, 0.717) is 18.2 Å². The summed E-state index contributed by atoms with van der Waals surface area (Å²) in [5.74, 6) is 0. The van der Waals surface area contributed by atoms with Crippen molar-refractivity contribution in [2.45, 2.75) is 25.0 Å². The van der Waals surface area contributed by atoms with Gasteiger partial charge < -0.3 is 5.11 Å². The highest BCUT2D eigenvalue weighted by molar-refractivity contribution is 5.32. The molecule has 0 amide bonds. The van der Waals surface area contributed by atoms with Gasteiger partial charge in [0.15, 0.2) is 0 Å². The van der Waals surface area contributed by atoms with Crippen LogP contribution in [0.3, 0.4) is 0 Å². The van der Waals surface area contributed by atoms with Crippen molar-refractivity contribution >= 4 is 0 Å². The predicted molar refractivity (Wildman–Crippen MR) is 77.2 cm³/mol. The minimum absolute atomic E-state index is 0.462. The maximum absolute atomic E-state index is 10.3. The standard InChI is InChI=1S/C16H21N3O/c17-10-13-3-5-14(6-4-13)16(20)12-18-8-9-19-7-1-2-15(19)11-18/h3-6,15-16,20H,1-2,7-9,11-12H2. The molecule has 0 saturated carbocycles. The summed E-state index contributed by atoms with van der Waals surface area (Å²) in [6.07, 6.45) is 2.15. The maximum atomic E-state index is 10.3. The smallest absolute Gasteiger partial charge is 0.0991 e. The fourth-order valence-corrected chi connectivity index (χ4v) is 3.35. The fraction of sp³-hybridized carbons (Fsp3) is 0.562. The molecule has 2 heterocycles. The second-order valence-electron chi connectivity index (χ2n) is 5.84. The molecule has 2 saturated heterocycles. The van der Waals surface area contributed by atoms with Crippen LogP contribution in [-0.4, -0.2) is 53.7 Å². The third kappa shape index (κ3) is 2.85. The van der Waals surface area contributed by atoms with Crippen LogP contribution < -0.4 is 0 Å². The molecule has 4 nitrogen and oxygen atoms in total. The quantitative estimate of drug-likeness (QED) is 0.902. The molecule has 1 aromatic rings. The first-order valence-corrected chi connectivity index (χ1v) is 7.41. The molecule has 1 N–H and O–H groups in total. The number of β-amino-alcohol motifs (C(OH)–C–C–N with tert-alkyl or cyclic N) is 1. The highest BCUT2D eigenvalue weighted by atomic mass is 16.3. The van der Waals surface area contributed by atoms with E-state index in [1.54, 1.807) is 12.1 Å². The van der Waals surface area contributed by atoms with E-state index in [2.05, 4.69) is 15.9 Å². The van der Waals surface area contributed by atoms with E-state index >= 15 is 0 Å². The van der Waals surface area contributed by atoms with Crippen molar-refractivity contribution in [3.8, 4) is 6.07 Å². The number of piperazine rings is 1. The Labute approximate surface area is 120 Å². The molecule has 2 aliphatic rings. The van der Waals surface area contributed by atoms with Crippen molar-refractivity contribution in [3.05, 3.63) is 35.4 Å². The molecule has 3 rings (SSSR count). The Hall–Kier alpha value is -1.41. The number of aliphatic hydroxyl groups excluding tert-OH is 1. The van der Waals surface area contributed by atoms with Gasteiger partial charge in [0, 0.05) is 32.2 Å². The lowest BCUT2D eigenvalue weighted by Gasteiger charge is -2.38. The van der Waals surface area contributed by atoms with Crippen LogP contribution in [0.5, 0.6) is 0 Å². The van der Waals surface area contributed by atoms with Crippen LogP contribution in [0.25, 0.3) is 0 Å². The van der Waals surface area contributed by atoms with Gasteiger partial charge in [0.05, 0.1) is 17.7 Å². The van der Waals surface area contributed by atoms with Crippen molar-refractivity contribution in [1.82, 2.24) is 9.80 Å². The van der Waals surface area contributed by atoms with Gasteiger partial charge in [-0.1, -0.05) is 12.1 Å². The average molecular weight is 271 g/mol. The molecular weight excluding hydrogens is 250 g/mol. The summed E-state index contributed by atoms with van der Waals surface area (Å²) < 4.78 is 0. The summed E-state index contributed by atoms with van der Waals surface area (Å²) in [7, 11) is 0. The zero-order valence-electron chi connectivity index (χ0n) is 11.7. The van der Waals surface area contributed by atoms with Crippen molar-refractivity contribution < 1.29 is 5.11 Å². The highest BCUT2D eigenvalue weighted by Crippen LogP contribution is 2.23. The summed E-state index contributed by atoms with van der Waals surface area (Å²) in [5, 5.41) is 19.1. The van der Waals surface area contributed by atoms with Gasteiger partial charge in [0.25, 0.3) is 0 Å². The Balaban J connectivity index is 1.58. The van der Waals surface area contributed by atoms with Crippen molar-refractivity contribution in [3.63, 3.8) is 0 Å². The number of hydrogen-bond donors (Lipinski definition) is 1. The van der Waals surface area contributed by atoms with Crippen LogP contribution in [0.4, 0.5) is 0 Å². The monoisotopic (exact) mass is 271 g/mol. The van der Waals surface area contributed by atoms with Gasteiger partial charge >= 0.3 is 0 Å². The number of rotatable bonds is 3. The number of aliphatic hydroxyl groups is 1. The Morgan fingerprint density at radius 3 is 2.80 bits per heavy atom. The van der Waals surface area contributed by atoms with Crippen LogP contribution in [0.2, 0.25) is 0 Å². The summed E-state index contributed by atoms with van der Waals surface area (Å²) in [6.45, 7) is 5.19. The fourth-order valence-electron chi connectivity index (χ4n) is 3.35. The molecule has 2 fully saturated rings. The van der Waals surface area contributed by atoms with E-state index in [0.717, 1.165) is 25.2 Å². The molecule has 0 aliphatic carbocycles. The number of nitriles is 1. The Morgan fingerprint density at radius 1 is 1.25 bits per heavy atom. The van der Waals surface area contributed by atoms with Crippen molar-refractivity contribution in [1.29, 1.82) is 5.26 Å². The van der Waals surface area contributed by atoms with Crippen molar-refractivity contribution in [2.75, 3.05) is 32.7 Å². The zero-order valence-corrected chi connectivity index (χ0v) is 11.7. The average Bonchev–Trinajstić information content (AvgIpc) is 2.95. The van der Waals surface area contributed by atoms with E-state index in [-0.39, 0.29) is 0 Å². The number of fused-ring (bicyclic) bond motifs is 1. The third-order valence-corrected chi connectivity index (χ3v) is 4.53. The molecule has 2 aliphatic heterocycles. The van der Waals surface area contributed by atoms with Gasteiger partial charge in [-0.2, -0.15) is 5.26 Å². The number of nitrogens with zero attached hydrogens (tertiary/aromatic N) is 3. The summed E-state index contributed by atoms with van der Waals surface area (Å²) in [4.78, 5) is 4.94. The van der Waals surface area contributed by atoms with E-state index in [1.807, 2.05) is 12.1 Å². The molecule has 0 aromatic heterocycles. The molecule has 0 spiro atoms. The normalized spacial score (nSPS) is 25.1. The lowest BCUT2D eigenvalue weighted by atomic mass is 10.1. The second-order valence-corrected chi connectivity index (χ2v) is 5.84. The molecule has 0 bridgehead atoms. The zero-order chi connectivity index (χ0) is 13.9. The summed E-state index contributed by atoms with van der Waals surface area (Å²) in [6, 6.07) is 10.0. The van der Waals surface area contributed by atoms with E-state index in [9.17, 15) is 5.11 Å². The first kappa shape index (κ1) is 13.6. The minimum Gasteiger partial charge on any atom is -0.387 e. The van der Waals surface area contributed by atoms with Gasteiger partial charge in [-0.25, -0.2) is 0 Å². The molecule has 0 radical (unpaired) electrons. The van der Waals surface area contributed by atoms with Gasteiger partial charge in [-0.05, 0) is 37.1 Å². The maximum Gasteiger partial charge on any atom is 0.0991 e. The van der Waals surface area contributed by atoms with Crippen molar-refractivity contribution in [2.24, 2.45) is 0 Å².